The maximum absolute atomic E-state index is 6.20. The first-order valence-corrected chi connectivity index (χ1v) is 6.87. The highest BCUT2D eigenvalue weighted by Gasteiger charge is 2.27. The van der Waals surface area contributed by atoms with Crippen molar-refractivity contribution in [3.8, 4) is 0 Å². The summed E-state index contributed by atoms with van der Waals surface area (Å²) in [5.74, 6) is 0.812. The Morgan fingerprint density at radius 3 is 2.88 bits per heavy atom. The largest absolute Gasteiger partial charge is 0.327 e. The van der Waals surface area contributed by atoms with Gasteiger partial charge in [-0.05, 0) is 38.2 Å². The van der Waals surface area contributed by atoms with Gasteiger partial charge in [0.05, 0.1) is 10.7 Å². The fourth-order valence-corrected chi connectivity index (χ4v) is 3.82. The van der Waals surface area contributed by atoms with Crippen LogP contribution in [0.4, 0.5) is 0 Å². The lowest BCUT2D eigenvalue weighted by atomic mass is 9.87. The molecule has 16 heavy (non-hydrogen) atoms. The monoisotopic (exact) mass is 239 g/mol. The van der Waals surface area contributed by atoms with E-state index in [1.54, 1.807) is 0 Å². The third-order valence-electron chi connectivity index (χ3n) is 3.34. The van der Waals surface area contributed by atoms with E-state index in [0.29, 0.717) is 11.3 Å². The van der Waals surface area contributed by atoms with Gasteiger partial charge in [-0.1, -0.05) is 6.92 Å². The van der Waals surface area contributed by atoms with Crippen LogP contribution in [0.3, 0.4) is 0 Å². The van der Waals surface area contributed by atoms with Crippen molar-refractivity contribution >= 4 is 11.8 Å². The van der Waals surface area contributed by atoms with Gasteiger partial charge < -0.3 is 5.73 Å². The Bertz CT molecular complexity index is 361. The van der Waals surface area contributed by atoms with E-state index in [1.165, 1.54) is 17.9 Å². The van der Waals surface area contributed by atoms with Gasteiger partial charge in [0, 0.05) is 18.3 Å². The number of nitrogens with two attached hydrogens (primary N) is 1. The number of rotatable bonds is 2. The number of thioether (sulfide) groups is 1. The standard InChI is InChI=1S/C12H21N3S/c1-8-4-5-10(13)11(6-8)16-12-7-9(2)14-15(12)3/h7-8,10-11H,4-6,13H2,1-3H3. The molecular formula is C12H21N3S. The maximum atomic E-state index is 6.20. The summed E-state index contributed by atoms with van der Waals surface area (Å²) < 4.78 is 1.96. The molecule has 1 fully saturated rings. The zero-order valence-electron chi connectivity index (χ0n) is 10.3. The second kappa shape index (κ2) is 4.80. The molecule has 90 valence electrons. The van der Waals surface area contributed by atoms with E-state index >= 15 is 0 Å². The molecule has 1 aromatic rings. The molecular weight excluding hydrogens is 218 g/mol. The van der Waals surface area contributed by atoms with Crippen LogP contribution in [-0.2, 0) is 7.05 Å². The maximum Gasteiger partial charge on any atom is 0.0942 e. The van der Waals surface area contributed by atoms with Crippen molar-refractivity contribution in [2.24, 2.45) is 18.7 Å². The average Bonchev–Trinajstić information content (AvgIpc) is 2.51. The lowest BCUT2D eigenvalue weighted by Crippen LogP contribution is -2.37. The van der Waals surface area contributed by atoms with E-state index < -0.39 is 0 Å². The molecule has 0 amide bonds. The van der Waals surface area contributed by atoms with Crippen LogP contribution in [0.25, 0.3) is 0 Å². The van der Waals surface area contributed by atoms with Crippen LogP contribution in [0.5, 0.6) is 0 Å². The predicted octanol–water partition coefficient (Wildman–Crippen LogP) is 2.34. The summed E-state index contributed by atoms with van der Waals surface area (Å²) in [5, 5.41) is 6.17. The molecule has 3 unspecified atom stereocenters. The molecule has 3 atom stereocenters. The van der Waals surface area contributed by atoms with E-state index in [-0.39, 0.29) is 0 Å². The minimum absolute atomic E-state index is 0.344. The molecule has 1 saturated carbocycles. The summed E-state index contributed by atoms with van der Waals surface area (Å²) in [6, 6.07) is 2.49. The molecule has 0 bridgehead atoms. The van der Waals surface area contributed by atoms with Gasteiger partial charge in [-0.25, -0.2) is 0 Å². The molecule has 0 aliphatic heterocycles. The Kier molecular flexibility index (Phi) is 3.60. The fourth-order valence-electron chi connectivity index (χ4n) is 2.34. The van der Waals surface area contributed by atoms with Crippen LogP contribution in [0.15, 0.2) is 11.1 Å². The molecule has 0 spiro atoms. The van der Waals surface area contributed by atoms with Crippen molar-refractivity contribution in [2.75, 3.05) is 0 Å². The quantitative estimate of drug-likeness (QED) is 0.861. The third-order valence-corrected chi connectivity index (χ3v) is 4.80. The molecule has 3 nitrogen and oxygen atoms in total. The lowest BCUT2D eigenvalue weighted by Gasteiger charge is -2.31. The highest BCUT2D eigenvalue weighted by atomic mass is 32.2. The minimum atomic E-state index is 0.344. The normalized spacial score (nSPS) is 30.6. The summed E-state index contributed by atoms with van der Waals surface area (Å²) in [4.78, 5) is 0. The first kappa shape index (κ1) is 12.0. The Morgan fingerprint density at radius 2 is 2.25 bits per heavy atom. The third kappa shape index (κ3) is 2.61. The van der Waals surface area contributed by atoms with Gasteiger partial charge >= 0.3 is 0 Å². The molecule has 0 aromatic carbocycles. The topological polar surface area (TPSA) is 43.8 Å². The van der Waals surface area contributed by atoms with Crippen LogP contribution < -0.4 is 5.73 Å². The smallest absolute Gasteiger partial charge is 0.0942 e. The molecule has 1 aromatic heterocycles. The molecule has 0 radical (unpaired) electrons. The molecule has 1 aliphatic rings. The van der Waals surface area contributed by atoms with Crippen LogP contribution >= 0.6 is 11.8 Å². The molecule has 1 aliphatic carbocycles. The molecule has 2 N–H and O–H groups in total. The van der Waals surface area contributed by atoms with Gasteiger partial charge in [-0.15, -0.1) is 11.8 Å². The Labute approximate surface area is 102 Å². The van der Waals surface area contributed by atoms with Crippen LogP contribution in [0.2, 0.25) is 0 Å². The van der Waals surface area contributed by atoms with Crippen molar-refractivity contribution < 1.29 is 0 Å². The first-order valence-electron chi connectivity index (χ1n) is 5.99. The highest BCUT2D eigenvalue weighted by Crippen LogP contribution is 2.35. The van der Waals surface area contributed by atoms with Crippen molar-refractivity contribution in [1.82, 2.24) is 9.78 Å². The number of aromatic nitrogens is 2. The number of hydrogen-bond acceptors (Lipinski definition) is 3. The first-order chi connectivity index (χ1) is 7.56. The molecule has 1 heterocycles. The zero-order chi connectivity index (χ0) is 11.7. The fraction of sp³-hybridized carbons (Fsp3) is 0.750. The van der Waals surface area contributed by atoms with Gasteiger partial charge in [0.1, 0.15) is 0 Å². The van der Waals surface area contributed by atoms with Crippen molar-refractivity contribution in [2.45, 2.75) is 49.4 Å². The Hall–Kier alpha value is -0.480. The van der Waals surface area contributed by atoms with E-state index in [0.717, 1.165) is 18.0 Å². The van der Waals surface area contributed by atoms with E-state index in [1.807, 2.05) is 30.4 Å². The van der Waals surface area contributed by atoms with Crippen molar-refractivity contribution in [1.29, 1.82) is 0 Å². The second-order valence-corrected chi connectivity index (χ2v) is 6.25. The van der Waals surface area contributed by atoms with Gasteiger partial charge in [0.2, 0.25) is 0 Å². The summed E-state index contributed by atoms with van der Waals surface area (Å²) in [5.41, 5.74) is 7.28. The minimum Gasteiger partial charge on any atom is -0.327 e. The molecule has 4 heteroatoms. The van der Waals surface area contributed by atoms with Crippen molar-refractivity contribution in [3.05, 3.63) is 11.8 Å². The Morgan fingerprint density at radius 1 is 1.50 bits per heavy atom. The molecule has 2 rings (SSSR count). The van der Waals surface area contributed by atoms with Gasteiger partial charge in [0.25, 0.3) is 0 Å². The number of hydrogen-bond donors (Lipinski definition) is 1. The van der Waals surface area contributed by atoms with E-state index in [2.05, 4.69) is 18.1 Å². The predicted molar refractivity (Wildman–Crippen MR) is 68.6 cm³/mol. The lowest BCUT2D eigenvalue weighted by molar-refractivity contribution is 0.357. The summed E-state index contributed by atoms with van der Waals surface area (Å²) >= 11 is 1.90. The highest BCUT2D eigenvalue weighted by molar-refractivity contribution is 7.99. The summed E-state index contributed by atoms with van der Waals surface area (Å²) in [6.45, 7) is 4.36. The van der Waals surface area contributed by atoms with E-state index in [9.17, 15) is 0 Å². The van der Waals surface area contributed by atoms with Gasteiger partial charge in [0.15, 0.2) is 0 Å². The average molecular weight is 239 g/mol. The van der Waals surface area contributed by atoms with E-state index in [4.69, 9.17) is 5.73 Å². The number of aryl methyl sites for hydroxylation is 2. The number of nitrogens with zero attached hydrogens (tertiary/aromatic N) is 2. The van der Waals surface area contributed by atoms with Gasteiger partial charge in [-0.2, -0.15) is 5.10 Å². The SMILES string of the molecule is Cc1cc(SC2CC(C)CCC2N)n(C)n1. The van der Waals surface area contributed by atoms with Crippen LogP contribution in [0.1, 0.15) is 31.9 Å². The molecule has 0 saturated heterocycles. The Balaban J connectivity index is 2.05. The summed E-state index contributed by atoms with van der Waals surface area (Å²) in [6.07, 6.45) is 3.67. The van der Waals surface area contributed by atoms with Crippen LogP contribution in [-0.4, -0.2) is 21.1 Å². The second-order valence-electron chi connectivity index (χ2n) is 4.99. The summed E-state index contributed by atoms with van der Waals surface area (Å²) in [7, 11) is 2.01. The van der Waals surface area contributed by atoms with Gasteiger partial charge in [-0.3, -0.25) is 4.68 Å². The van der Waals surface area contributed by atoms with Crippen molar-refractivity contribution in [3.63, 3.8) is 0 Å². The zero-order valence-corrected chi connectivity index (χ0v) is 11.1. The van der Waals surface area contributed by atoms with Crippen LogP contribution in [0, 0.1) is 12.8 Å².